The molecule has 1 unspecified atom stereocenters. The molecule has 0 radical (unpaired) electrons. The average molecular weight is 263 g/mol. The lowest BCUT2D eigenvalue weighted by Crippen LogP contribution is -2.22. The summed E-state index contributed by atoms with van der Waals surface area (Å²) in [6.45, 7) is 9.03. The van der Waals surface area contributed by atoms with Gasteiger partial charge in [0.25, 0.3) is 0 Å². The molecule has 0 amide bonds. The first kappa shape index (κ1) is 13.8. The second-order valence-corrected chi connectivity index (χ2v) is 7.47. The maximum absolute atomic E-state index is 3.61. The molecule has 0 saturated carbocycles. The predicted octanol–water partition coefficient (Wildman–Crippen LogP) is 4.49. The highest BCUT2D eigenvalue weighted by molar-refractivity contribution is 7.12. The maximum Gasteiger partial charge on any atom is 0.0299 e. The Morgan fingerprint density at radius 2 is 2.11 bits per heavy atom. The Balaban J connectivity index is 1.76. The summed E-state index contributed by atoms with van der Waals surface area (Å²) in [5, 5.41) is 3.61. The van der Waals surface area contributed by atoms with Crippen LogP contribution in [0, 0.1) is 5.92 Å². The minimum atomic E-state index is 0.289. The lowest BCUT2D eigenvalue weighted by Gasteiger charge is -2.18. The Kier molecular flexibility index (Phi) is 4.63. The Morgan fingerprint density at radius 3 is 2.72 bits per heavy atom. The fourth-order valence-electron chi connectivity index (χ4n) is 2.32. The van der Waals surface area contributed by atoms with Crippen molar-refractivity contribution in [3.63, 3.8) is 0 Å². The molecule has 100 valence electrons. The van der Waals surface area contributed by atoms with E-state index in [0.29, 0.717) is 0 Å². The van der Waals surface area contributed by atoms with E-state index < -0.39 is 0 Å². The summed E-state index contributed by atoms with van der Waals surface area (Å²) >= 11 is 1.95. The van der Waals surface area contributed by atoms with Crippen molar-refractivity contribution in [3.8, 4) is 0 Å². The molecule has 0 saturated heterocycles. The van der Waals surface area contributed by atoms with Crippen LogP contribution < -0.4 is 5.32 Å². The molecule has 1 aliphatic rings. The van der Waals surface area contributed by atoms with Crippen molar-refractivity contribution in [3.05, 3.63) is 34.0 Å². The van der Waals surface area contributed by atoms with E-state index in [-0.39, 0.29) is 5.41 Å². The van der Waals surface area contributed by atoms with Crippen LogP contribution in [0.3, 0.4) is 0 Å². The molecule has 2 heteroatoms. The molecule has 0 fully saturated rings. The zero-order valence-corrected chi connectivity index (χ0v) is 12.6. The van der Waals surface area contributed by atoms with Gasteiger partial charge < -0.3 is 5.32 Å². The van der Waals surface area contributed by atoms with Gasteiger partial charge in [-0.05, 0) is 49.3 Å². The summed E-state index contributed by atoms with van der Waals surface area (Å²) in [5.74, 6) is 0.844. The van der Waals surface area contributed by atoms with Gasteiger partial charge in [-0.2, -0.15) is 0 Å². The number of hydrogen-bond acceptors (Lipinski definition) is 2. The van der Waals surface area contributed by atoms with Crippen LogP contribution in [0.2, 0.25) is 0 Å². The molecule has 1 aliphatic carbocycles. The van der Waals surface area contributed by atoms with E-state index in [1.54, 1.807) is 0 Å². The second kappa shape index (κ2) is 6.03. The fourth-order valence-corrected chi connectivity index (χ4v) is 3.35. The third-order valence-corrected chi connectivity index (χ3v) is 5.02. The second-order valence-electron chi connectivity index (χ2n) is 6.30. The zero-order valence-electron chi connectivity index (χ0n) is 11.8. The standard InChI is InChI=1S/C16H25NS/c1-16(2,3)15-10-9-14(18-15)12-17-11-13-7-5-4-6-8-13/h4-5,9-10,13,17H,6-8,11-12H2,1-3H3. The summed E-state index contributed by atoms with van der Waals surface area (Å²) in [7, 11) is 0. The van der Waals surface area contributed by atoms with Crippen molar-refractivity contribution in [2.75, 3.05) is 6.54 Å². The number of nitrogens with one attached hydrogen (secondary N) is 1. The van der Waals surface area contributed by atoms with Gasteiger partial charge in [-0.1, -0.05) is 32.9 Å². The lowest BCUT2D eigenvalue weighted by molar-refractivity contribution is 0.441. The number of allylic oxidation sites excluding steroid dienone is 2. The van der Waals surface area contributed by atoms with Crippen LogP contribution in [0.25, 0.3) is 0 Å². The number of rotatable bonds is 4. The van der Waals surface area contributed by atoms with E-state index in [9.17, 15) is 0 Å². The highest BCUT2D eigenvalue weighted by atomic mass is 32.1. The van der Waals surface area contributed by atoms with Gasteiger partial charge in [0.05, 0.1) is 0 Å². The third kappa shape index (κ3) is 3.96. The van der Waals surface area contributed by atoms with Crippen molar-refractivity contribution in [1.82, 2.24) is 5.32 Å². The number of thiophene rings is 1. The smallest absolute Gasteiger partial charge is 0.0299 e. The van der Waals surface area contributed by atoms with Crippen molar-refractivity contribution < 1.29 is 0 Å². The monoisotopic (exact) mass is 263 g/mol. The summed E-state index contributed by atoms with van der Waals surface area (Å²) in [5.41, 5.74) is 0.289. The normalized spacial score (nSPS) is 20.3. The lowest BCUT2D eigenvalue weighted by atomic mass is 9.94. The Hall–Kier alpha value is -0.600. The molecule has 1 atom stereocenters. The van der Waals surface area contributed by atoms with Crippen LogP contribution in [0.15, 0.2) is 24.3 Å². The van der Waals surface area contributed by atoms with Gasteiger partial charge in [0.2, 0.25) is 0 Å². The van der Waals surface area contributed by atoms with E-state index in [2.05, 4.69) is 50.4 Å². The summed E-state index contributed by atoms with van der Waals surface area (Å²) < 4.78 is 0. The van der Waals surface area contributed by atoms with Crippen molar-refractivity contribution in [2.24, 2.45) is 5.92 Å². The fraction of sp³-hybridized carbons (Fsp3) is 0.625. The first-order valence-electron chi connectivity index (χ1n) is 7.00. The zero-order chi connectivity index (χ0) is 13.0. The molecule has 1 heterocycles. The quantitative estimate of drug-likeness (QED) is 0.789. The summed E-state index contributed by atoms with van der Waals surface area (Å²) in [6.07, 6.45) is 8.51. The average Bonchev–Trinajstić information content (AvgIpc) is 2.79. The minimum Gasteiger partial charge on any atom is -0.312 e. The maximum atomic E-state index is 3.61. The summed E-state index contributed by atoms with van der Waals surface area (Å²) in [4.78, 5) is 2.95. The van der Waals surface area contributed by atoms with Crippen LogP contribution in [-0.2, 0) is 12.0 Å². The van der Waals surface area contributed by atoms with Gasteiger partial charge in [-0.3, -0.25) is 0 Å². The van der Waals surface area contributed by atoms with Gasteiger partial charge in [-0.15, -0.1) is 11.3 Å². The van der Waals surface area contributed by atoms with Crippen LogP contribution in [0.4, 0.5) is 0 Å². The SMILES string of the molecule is CC(C)(C)c1ccc(CNCC2CC=CCC2)s1. The van der Waals surface area contributed by atoms with E-state index in [1.807, 2.05) is 11.3 Å². The van der Waals surface area contributed by atoms with Crippen LogP contribution >= 0.6 is 11.3 Å². The first-order valence-corrected chi connectivity index (χ1v) is 7.82. The summed E-state index contributed by atoms with van der Waals surface area (Å²) in [6, 6.07) is 4.56. The predicted molar refractivity (Wildman–Crippen MR) is 81.2 cm³/mol. The van der Waals surface area contributed by atoms with Crippen molar-refractivity contribution >= 4 is 11.3 Å². The molecule has 1 N–H and O–H groups in total. The molecule has 1 aromatic heterocycles. The molecular formula is C16H25NS. The molecule has 2 rings (SSSR count). The Labute approximate surface area is 115 Å². The van der Waals surface area contributed by atoms with E-state index in [4.69, 9.17) is 0 Å². The molecular weight excluding hydrogens is 238 g/mol. The Bertz CT molecular complexity index is 397. The van der Waals surface area contributed by atoms with E-state index in [1.165, 1.54) is 29.0 Å². The van der Waals surface area contributed by atoms with E-state index in [0.717, 1.165) is 19.0 Å². The van der Waals surface area contributed by atoms with Gasteiger partial charge in [0, 0.05) is 16.3 Å². The molecule has 0 aromatic carbocycles. The topological polar surface area (TPSA) is 12.0 Å². The van der Waals surface area contributed by atoms with Gasteiger partial charge in [-0.25, -0.2) is 0 Å². The van der Waals surface area contributed by atoms with Crippen LogP contribution in [0.5, 0.6) is 0 Å². The van der Waals surface area contributed by atoms with Crippen LogP contribution in [0.1, 0.15) is 49.8 Å². The van der Waals surface area contributed by atoms with Gasteiger partial charge in [0.15, 0.2) is 0 Å². The molecule has 1 nitrogen and oxygen atoms in total. The molecule has 0 bridgehead atoms. The minimum absolute atomic E-state index is 0.289. The molecule has 1 aromatic rings. The van der Waals surface area contributed by atoms with Crippen molar-refractivity contribution in [2.45, 2.75) is 52.0 Å². The van der Waals surface area contributed by atoms with Gasteiger partial charge >= 0.3 is 0 Å². The van der Waals surface area contributed by atoms with E-state index >= 15 is 0 Å². The molecule has 0 aliphatic heterocycles. The highest BCUT2D eigenvalue weighted by Crippen LogP contribution is 2.29. The van der Waals surface area contributed by atoms with Crippen molar-refractivity contribution in [1.29, 1.82) is 0 Å². The Morgan fingerprint density at radius 1 is 1.28 bits per heavy atom. The number of hydrogen-bond donors (Lipinski definition) is 1. The third-order valence-electron chi connectivity index (χ3n) is 3.51. The molecule has 0 spiro atoms. The first-order chi connectivity index (χ1) is 8.55. The van der Waals surface area contributed by atoms with Crippen LogP contribution in [-0.4, -0.2) is 6.54 Å². The van der Waals surface area contributed by atoms with Gasteiger partial charge in [0.1, 0.15) is 0 Å². The molecule has 18 heavy (non-hydrogen) atoms. The largest absolute Gasteiger partial charge is 0.312 e. The highest BCUT2D eigenvalue weighted by Gasteiger charge is 2.16.